The highest BCUT2D eigenvalue weighted by Crippen LogP contribution is 2.45. The van der Waals surface area contributed by atoms with Crippen LogP contribution in [0.2, 0.25) is 0 Å². The summed E-state index contributed by atoms with van der Waals surface area (Å²) in [4.78, 5) is 4.75. The van der Waals surface area contributed by atoms with Crippen LogP contribution in [0.5, 0.6) is 0 Å². The molecule has 1 heteroatoms. The van der Waals surface area contributed by atoms with Crippen LogP contribution in [-0.4, -0.2) is 6.21 Å². The van der Waals surface area contributed by atoms with Gasteiger partial charge in [-0.3, -0.25) is 4.99 Å². The zero-order valence-corrected chi connectivity index (χ0v) is 28.6. The summed E-state index contributed by atoms with van der Waals surface area (Å²) in [5.74, 6) is 0.498. The first-order chi connectivity index (χ1) is 23.8. The van der Waals surface area contributed by atoms with E-state index >= 15 is 0 Å². The summed E-state index contributed by atoms with van der Waals surface area (Å²) in [6.07, 6.45) is 5.38. The van der Waals surface area contributed by atoms with Crippen molar-refractivity contribution in [3.8, 4) is 33.4 Å². The van der Waals surface area contributed by atoms with E-state index in [9.17, 15) is 0 Å². The van der Waals surface area contributed by atoms with E-state index in [0.717, 1.165) is 12.1 Å². The van der Waals surface area contributed by atoms with Crippen molar-refractivity contribution >= 4 is 55.0 Å². The van der Waals surface area contributed by atoms with E-state index in [1.54, 1.807) is 0 Å². The van der Waals surface area contributed by atoms with Gasteiger partial charge >= 0.3 is 0 Å². The molecule has 0 bridgehead atoms. The molecular weight excluding hydrogens is 591 g/mol. The summed E-state index contributed by atoms with van der Waals surface area (Å²) in [6.45, 7) is 9.12. The monoisotopic (exact) mass is 629 g/mol. The summed E-state index contributed by atoms with van der Waals surface area (Å²) < 4.78 is 0. The predicted octanol–water partition coefficient (Wildman–Crippen LogP) is 13.5. The molecule has 8 aromatic carbocycles. The maximum absolute atomic E-state index is 4.75. The van der Waals surface area contributed by atoms with Crippen molar-refractivity contribution in [1.29, 1.82) is 0 Å². The summed E-state index contributed by atoms with van der Waals surface area (Å²) in [5, 5.41) is 10.4. The van der Waals surface area contributed by atoms with Crippen LogP contribution in [0, 0.1) is 5.92 Å². The Morgan fingerprint density at radius 2 is 1.12 bits per heavy atom. The summed E-state index contributed by atoms with van der Waals surface area (Å²) in [6, 6.07) is 50.1. The average Bonchev–Trinajstić information content (AvgIpc) is 3.13. The van der Waals surface area contributed by atoms with E-state index in [4.69, 9.17) is 4.99 Å². The molecule has 0 saturated heterocycles. The van der Waals surface area contributed by atoms with Gasteiger partial charge in [0.25, 0.3) is 0 Å². The largest absolute Gasteiger partial charge is 0.261 e. The number of benzene rings is 8. The number of aliphatic imine (C=N–C) groups is 1. The lowest BCUT2D eigenvalue weighted by Crippen LogP contribution is -2.10. The van der Waals surface area contributed by atoms with Gasteiger partial charge in [-0.2, -0.15) is 0 Å². The van der Waals surface area contributed by atoms with Crippen LogP contribution in [0.4, 0.5) is 0 Å². The predicted molar refractivity (Wildman–Crippen MR) is 213 cm³/mol. The second-order valence-corrected chi connectivity index (χ2v) is 14.9. The SMILES string of the molecule is CC1C=NC(c2ccc(-c3cc(-c4cccc(-c5ccc6ccccc6c5)c4)c4ccc5cc(C(C)(C)C)cc6ccc3c4c65)cc2)=CC1. The highest BCUT2D eigenvalue weighted by Gasteiger charge is 2.20. The second kappa shape index (κ2) is 11.3. The Hall–Kier alpha value is -5.53. The van der Waals surface area contributed by atoms with Gasteiger partial charge in [0.2, 0.25) is 0 Å². The third-order valence-electron chi connectivity index (χ3n) is 10.5. The Bertz CT molecular complexity index is 2590. The van der Waals surface area contributed by atoms with E-state index in [0.29, 0.717) is 5.92 Å². The lowest BCUT2D eigenvalue weighted by atomic mass is 9.81. The Balaban J connectivity index is 1.27. The van der Waals surface area contributed by atoms with E-state index in [1.807, 2.05) is 0 Å². The van der Waals surface area contributed by atoms with Crippen molar-refractivity contribution in [3.63, 3.8) is 0 Å². The van der Waals surface area contributed by atoms with E-state index in [2.05, 4.69) is 173 Å². The van der Waals surface area contributed by atoms with Gasteiger partial charge in [-0.05, 0) is 124 Å². The maximum Gasteiger partial charge on any atom is 0.0658 e. The molecular formula is C48H39N. The van der Waals surface area contributed by atoms with E-state index in [-0.39, 0.29) is 5.41 Å². The molecule has 236 valence electrons. The zero-order valence-electron chi connectivity index (χ0n) is 28.6. The molecule has 0 amide bonds. The maximum atomic E-state index is 4.75. The minimum Gasteiger partial charge on any atom is -0.261 e. The summed E-state index contributed by atoms with van der Waals surface area (Å²) in [7, 11) is 0. The van der Waals surface area contributed by atoms with Gasteiger partial charge in [0.1, 0.15) is 0 Å². The smallest absolute Gasteiger partial charge is 0.0658 e. The van der Waals surface area contributed by atoms with Crippen molar-refractivity contribution in [2.24, 2.45) is 10.9 Å². The van der Waals surface area contributed by atoms with Crippen molar-refractivity contribution in [3.05, 3.63) is 151 Å². The Labute approximate surface area is 288 Å². The number of hydrogen-bond donors (Lipinski definition) is 0. The van der Waals surface area contributed by atoms with Crippen LogP contribution in [0.1, 0.15) is 45.2 Å². The van der Waals surface area contributed by atoms with Crippen LogP contribution in [0.15, 0.2) is 145 Å². The Morgan fingerprint density at radius 3 is 1.82 bits per heavy atom. The number of allylic oxidation sites excluding steroid dienone is 1. The quantitative estimate of drug-likeness (QED) is 0.172. The number of nitrogens with zero attached hydrogens (tertiary/aromatic N) is 1. The Morgan fingerprint density at radius 1 is 0.510 bits per heavy atom. The van der Waals surface area contributed by atoms with Crippen LogP contribution in [0.3, 0.4) is 0 Å². The van der Waals surface area contributed by atoms with Crippen LogP contribution in [-0.2, 0) is 5.41 Å². The van der Waals surface area contributed by atoms with Crippen molar-refractivity contribution in [2.45, 2.75) is 39.5 Å². The fourth-order valence-corrected chi connectivity index (χ4v) is 7.69. The fourth-order valence-electron chi connectivity index (χ4n) is 7.69. The van der Waals surface area contributed by atoms with Crippen molar-refractivity contribution < 1.29 is 0 Å². The van der Waals surface area contributed by atoms with Gasteiger partial charge < -0.3 is 0 Å². The van der Waals surface area contributed by atoms with E-state index < -0.39 is 0 Å². The highest BCUT2D eigenvalue weighted by atomic mass is 14.7. The molecule has 1 atom stereocenters. The van der Waals surface area contributed by atoms with E-state index in [1.165, 1.54) is 87.6 Å². The van der Waals surface area contributed by atoms with Crippen molar-refractivity contribution in [1.82, 2.24) is 0 Å². The zero-order chi connectivity index (χ0) is 33.3. The normalized spacial score (nSPS) is 15.1. The third kappa shape index (κ3) is 5.13. The van der Waals surface area contributed by atoms with Gasteiger partial charge in [-0.25, -0.2) is 0 Å². The minimum absolute atomic E-state index is 0.0710. The molecule has 9 rings (SSSR count). The molecule has 0 saturated carbocycles. The molecule has 1 heterocycles. The summed E-state index contributed by atoms with van der Waals surface area (Å²) >= 11 is 0. The lowest BCUT2D eigenvalue weighted by Gasteiger charge is -2.23. The third-order valence-corrected chi connectivity index (χ3v) is 10.5. The molecule has 0 aliphatic carbocycles. The molecule has 1 unspecified atom stereocenters. The minimum atomic E-state index is 0.0710. The fraction of sp³-hybridized carbons (Fsp3) is 0.146. The van der Waals surface area contributed by atoms with Crippen molar-refractivity contribution in [2.75, 3.05) is 0 Å². The summed E-state index contributed by atoms with van der Waals surface area (Å²) in [5.41, 5.74) is 11.1. The van der Waals surface area contributed by atoms with Crippen LogP contribution < -0.4 is 0 Å². The first-order valence-corrected chi connectivity index (χ1v) is 17.5. The van der Waals surface area contributed by atoms with Gasteiger partial charge in [-0.1, -0.05) is 149 Å². The second-order valence-electron chi connectivity index (χ2n) is 14.9. The molecule has 0 radical (unpaired) electrons. The highest BCUT2D eigenvalue weighted by molar-refractivity contribution is 6.28. The number of rotatable bonds is 4. The molecule has 0 N–H and O–H groups in total. The van der Waals surface area contributed by atoms with Gasteiger partial charge in [0.15, 0.2) is 0 Å². The molecule has 8 aromatic rings. The van der Waals surface area contributed by atoms with Gasteiger partial charge in [0, 0.05) is 6.21 Å². The first kappa shape index (κ1) is 29.6. The van der Waals surface area contributed by atoms with Gasteiger partial charge in [-0.15, -0.1) is 0 Å². The molecule has 0 fully saturated rings. The molecule has 0 spiro atoms. The lowest BCUT2D eigenvalue weighted by molar-refractivity contribution is 0.591. The first-order valence-electron chi connectivity index (χ1n) is 17.5. The van der Waals surface area contributed by atoms with Crippen LogP contribution in [0.25, 0.3) is 82.2 Å². The Kier molecular flexibility index (Phi) is 6.81. The van der Waals surface area contributed by atoms with Gasteiger partial charge in [0.05, 0.1) is 5.70 Å². The number of hydrogen-bond acceptors (Lipinski definition) is 1. The molecule has 1 aliphatic heterocycles. The molecule has 1 nitrogen and oxygen atoms in total. The number of fused-ring (bicyclic) bond motifs is 1. The molecule has 0 aromatic heterocycles. The average molecular weight is 630 g/mol. The standard InChI is InChI=1S/C48H39N/c1-30-12-23-45(49-29-30)33-16-14-32(15-17-33)43-28-44(37-11-7-10-35(25-37)36-18-13-31-8-5-6-9-34(31)24-36)42-22-20-39-27-40(48(2,3)4)26-38-19-21-41(43)47(42)46(38)39/h5-11,13-30H,12H2,1-4H3. The topological polar surface area (TPSA) is 12.4 Å². The van der Waals surface area contributed by atoms with Crippen LogP contribution >= 0.6 is 0 Å². The molecule has 1 aliphatic rings. The molecule has 49 heavy (non-hydrogen) atoms.